The maximum absolute atomic E-state index is 11.1. The van der Waals surface area contributed by atoms with Gasteiger partial charge in [-0.25, -0.2) is 0 Å². The largest absolute Gasteiger partial charge is 0.325 e. The molecule has 5 heteroatoms. The zero-order valence-electron chi connectivity index (χ0n) is 28.1. The molecule has 4 rings (SSSR count). The van der Waals surface area contributed by atoms with E-state index in [0.29, 0.717) is 16.1 Å². The van der Waals surface area contributed by atoms with Crippen LogP contribution < -0.4 is 4.72 Å². The zero-order chi connectivity index (χ0) is 32.1. The van der Waals surface area contributed by atoms with Crippen molar-refractivity contribution in [2.75, 3.05) is 4.72 Å². The number of nitrogens with one attached hydrogen (secondary N) is 1. The van der Waals surface area contributed by atoms with Gasteiger partial charge in [-0.3, -0.25) is 10.1 Å². The molecule has 0 radical (unpaired) electrons. The summed E-state index contributed by atoms with van der Waals surface area (Å²) in [4.78, 5) is 11.2. The highest BCUT2D eigenvalue weighted by Crippen LogP contribution is 2.43. The summed E-state index contributed by atoms with van der Waals surface area (Å²) >= 11 is 1.09. The SMILES string of the molecule is [2H]c1c([2H])c([2H])c(-c2cc(-c3c([2H])c([2H])c([2H])c([2H])c3[2H])c(NSc3ccc([N+](=O)[O-])cc3)c(C(C)(C)C)c2)c([2H])c1[2H]. The first-order valence-corrected chi connectivity index (χ1v) is 10.8. The Morgan fingerprint density at radius 2 is 1.42 bits per heavy atom. The van der Waals surface area contributed by atoms with Gasteiger partial charge < -0.3 is 4.72 Å². The van der Waals surface area contributed by atoms with Crippen molar-refractivity contribution < 1.29 is 18.6 Å². The van der Waals surface area contributed by atoms with Crippen LogP contribution in [0.2, 0.25) is 0 Å². The van der Waals surface area contributed by atoms with E-state index >= 15 is 0 Å². The molecule has 0 saturated heterocycles. The van der Waals surface area contributed by atoms with Gasteiger partial charge in [0.05, 0.1) is 24.3 Å². The Bertz CT molecular complexity index is 1730. The van der Waals surface area contributed by atoms with E-state index in [9.17, 15) is 10.1 Å². The molecule has 1 N–H and O–H groups in total. The molecular weight excluding hydrogens is 428 g/mol. The van der Waals surface area contributed by atoms with Gasteiger partial charge in [-0.1, -0.05) is 81.2 Å². The van der Waals surface area contributed by atoms with E-state index in [1.54, 1.807) is 6.07 Å². The molecule has 4 aromatic carbocycles. The third kappa shape index (κ3) is 5.26. The zero-order valence-corrected chi connectivity index (χ0v) is 19.0. The van der Waals surface area contributed by atoms with E-state index in [1.807, 2.05) is 20.8 Å². The standard InChI is InChI=1S/C28H26N2O2S/c1-28(2,3)26-19-22(20-10-6-4-7-11-20)18-25(21-12-8-5-9-13-21)27(26)29-33-24-16-14-23(15-17-24)30(31)32/h4-19,29H,1-3H3/i4D,5D,6D,7D,8D,9D,10D,11D,12D,13D. The highest BCUT2D eigenvalue weighted by Gasteiger charge is 2.23. The second-order valence-corrected chi connectivity index (χ2v) is 9.03. The van der Waals surface area contributed by atoms with Gasteiger partial charge in [0.15, 0.2) is 0 Å². The molecule has 0 aliphatic carbocycles. The molecule has 33 heavy (non-hydrogen) atoms. The molecule has 0 heterocycles. The minimum absolute atomic E-state index is 0.0949. The Kier molecular flexibility index (Phi) is 3.81. The van der Waals surface area contributed by atoms with Crippen LogP contribution in [0.1, 0.15) is 40.0 Å². The summed E-state index contributed by atoms with van der Waals surface area (Å²) in [7, 11) is 0. The first kappa shape index (κ1) is 13.2. The lowest BCUT2D eigenvalue weighted by atomic mass is 9.81. The van der Waals surface area contributed by atoms with E-state index < -0.39 is 70.8 Å². The lowest BCUT2D eigenvalue weighted by Crippen LogP contribution is -2.14. The molecule has 0 unspecified atom stereocenters. The number of nitro groups is 1. The van der Waals surface area contributed by atoms with Gasteiger partial charge in [-0.2, -0.15) is 0 Å². The van der Waals surface area contributed by atoms with Gasteiger partial charge in [0.25, 0.3) is 5.69 Å². The Morgan fingerprint density at radius 1 is 0.848 bits per heavy atom. The number of hydrogen-bond acceptors (Lipinski definition) is 4. The van der Waals surface area contributed by atoms with Gasteiger partial charge in [0, 0.05) is 22.6 Å². The van der Waals surface area contributed by atoms with E-state index in [1.165, 1.54) is 30.3 Å². The predicted octanol–water partition coefficient (Wildman–Crippen LogP) is 8.35. The Labute approximate surface area is 213 Å². The fraction of sp³-hybridized carbons (Fsp3) is 0.143. The first-order chi connectivity index (χ1) is 20.0. The van der Waals surface area contributed by atoms with Crippen LogP contribution in [0.3, 0.4) is 0 Å². The molecule has 4 aromatic rings. The van der Waals surface area contributed by atoms with Crippen molar-refractivity contribution in [2.45, 2.75) is 31.1 Å². The fourth-order valence-electron chi connectivity index (χ4n) is 3.21. The Balaban J connectivity index is 2.09. The second-order valence-electron chi connectivity index (χ2n) is 8.15. The molecular formula is C28H26N2O2S. The highest BCUT2D eigenvalue weighted by atomic mass is 32.2. The maximum atomic E-state index is 11.1. The van der Waals surface area contributed by atoms with Crippen molar-refractivity contribution in [2.24, 2.45) is 0 Å². The van der Waals surface area contributed by atoms with E-state index in [2.05, 4.69) is 4.72 Å². The monoisotopic (exact) mass is 464 g/mol. The fourth-order valence-corrected chi connectivity index (χ4v) is 3.92. The third-order valence-electron chi connectivity index (χ3n) is 4.82. The normalized spacial score (nSPS) is 15.5. The van der Waals surface area contributed by atoms with E-state index in [4.69, 9.17) is 13.7 Å². The molecule has 0 fully saturated rings. The number of benzene rings is 4. The summed E-state index contributed by atoms with van der Waals surface area (Å²) in [5, 5.41) is 11.1. The van der Waals surface area contributed by atoms with Crippen LogP contribution in [0, 0.1) is 10.1 Å². The Hall–Kier alpha value is -3.57. The van der Waals surface area contributed by atoms with Crippen molar-refractivity contribution >= 4 is 23.3 Å². The summed E-state index contributed by atoms with van der Waals surface area (Å²) < 4.78 is 86.6. The van der Waals surface area contributed by atoms with Crippen LogP contribution in [-0.4, -0.2) is 4.92 Å². The van der Waals surface area contributed by atoms with Crippen LogP contribution in [0.4, 0.5) is 11.4 Å². The quantitative estimate of drug-likeness (QED) is 0.177. The molecule has 0 amide bonds. The van der Waals surface area contributed by atoms with Crippen molar-refractivity contribution in [1.29, 1.82) is 0 Å². The van der Waals surface area contributed by atoms with Crippen molar-refractivity contribution in [1.82, 2.24) is 0 Å². The summed E-state index contributed by atoms with van der Waals surface area (Å²) in [5.74, 6) is 0. The number of rotatable bonds is 6. The first-order valence-electron chi connectivity index (χ1n) is 15.0. The van der Waals surface area contributed by atoms with Crippen molar-refractivity contribution in [3.63, 3.8) is 0 Å². The molecule has 166 valence electrons. The van der Waals surface area contributed by atoms with Gasteiger partial charge in [0.2, 0.25) is 0 Å². The third-order valence-corrected chi connectivity index (χ3v) is 5.64. The summed E-state index contributed by atoms with van der Waals surface area (Å²) in [6.07, 6.45) is 0. The molecule has 0 aliphatic heterocycles. The molecule has 4 nitrogen and oxygen atoms in total. The van der Waals surface area contributed by atoms with Crippen molar-refractivity contribution in [3.05, 3.63) is 113 Å². The molecule has 0 atom stereocenters. The predicted molar refractivity (Wildman–Crippen MR) is 139 cm³/mol. The van der Waals surface area contributed by atoms with Crippen LogP contribution >= 0.6 is 11.9 Å². The number of non-ortho nitro benzene ring substituents is 1. The van der Waals surface area contributed by atoms with Crippen LogP contribution in [0.25, 0.3) is 22.3 Å². The minimum atomic E-state index is -0.663. The van der Waals surface area contributed by atoms with Gasteiger partial charge in [0.1, 0.15) is 0 Å². The van der Waals surface area contributed by atoms with Crippen LogP contribution in [0.5, 0.6) is 0 Å². The molecule has 0 bridgehead atoms. The summed E-state index contributed by atoms with van der Waals surface area (Å²) in [6, 6.07) is 3.70. The van der Waals surface area contributed by atoms with Crippen LogP contribution in [-0.2, 0) is 5.41 Å². The van der Waals surface area contributed by atoms with Crippen molar-refractivity contribution in [3.8, 4) is 22.3 Å². The van der Waals surface area contributed by atoms with Gasteiger partial charge >= 0.3 is 0 Å². The van der Waals surface area contributed by atoms with E-state index in [0.717, 1.165) is 11.9 Å². The molecule has 0 spiro atoms. The molecule has 0 aliphatic rings. The maximum Gasteiger partial charge on any atom is 0.269 e. The topological polar surface area (TPSA) is 55.2 Å². The van der Waals surface area contributed by atoms with Gasteiger partial charge in [-0.05, 0) is 63.9 Å². The van der Waals surface area contributed by atoms with E-state index in [-0.39, 0.29) is 27.9 Å². The molecule has 0 saturated carbocycles. The average Bonchev–Trinajstić information content (AvgIpc) is 2.96. The number of nitrogens with zero attached hydrogens (tertiary/aromatic N) is 1. The minimum Gasteiger partial charge on any atom is -0.325 e. The number of anilines is 1. The smallest absolute Gasteiger partial charge is 0.269 e. The second kappa shape index (κ2) is 9.51. The summed E-state index contributed by atoms with van der Waals surface area (Å²) in [6.45, 7) is 5.63. The summed E-state index contributed by atoms with van der Waals surface area (Å²) in [5.41, 5.74) is 0.289. The number of nitro benzene ring substituents is 1. The highest BCUT2D eigenvalue weighted by molar-refractivity contribution is 8.00. The Morgan fingerprint density at radius 3 is 1.97 bits per heavy atom. The lowest BCUT2D eigenvalue weighted by Gasteiger charge is -2.27. The van der Waals surface area contributed by atoms with Gasteiger partial charge in [-0.15, -0.1) is 0 Å². The van der Waals surface area contributed by atoms with Crippen LogP contribution in [0.15, 0.2) is 102 Å². The number of hydrogen-bond donors (Lipinski definition) is 1. The molecule has 0 aromatic heterocycles. The average molecular weight is 465 g/mol. The lowest BCUT2D eigenvalue weighted by molar-refractivity contribution is -0.384.